The first-order valence-electron chi connectivity index (χ1n) is 9.54. The average molecular weight is 435 g/mol. The third-order valence-electron chi connectivity index (χ3n) is 4.74. The Kier molecular flexibility index (Phi) is 7.85. The first-order chi connectivity index (χ1) is 14.5. The van der Waals surface area contributed by atoms with E-state index in [1.165, 1.54) is 38.3 Å². The molecular formula is C23H24F3NO4. The molecule has 0 aromatic heterocycles. The molecule has 1 unspecified atom stereocenters. The summed E-state index contributed by atoms with van der Waals surface area (Å²) in [5.74, 6) is -1.50. The molecule has 0 aliphatic heterocycles. The molecule has 2 aromatic carbocycles. The molecule has 0 spiro atoms. The van der Waals surface area contributed by atoms with Crippen LogP contribution in [0, 0.1) is 5.92 Å². The van der Waals surface area contributed by atoms with Crippen LogP contribution in [0.4, 0.5) is 13.2 Å². The molecule has 0 heterocycles. The summed E-state index contributed by atoms with van der Waals surface area (Å²) in [6.45, 7) is 3.11. The van der Waals surface area contributed by atoms with Crippen LogP contribution in [0.15, 0.2) is 48.0 Å². The lowest BCUT2D eigenvalue weighted by atomic mass is 9.99. The van der Waals surface area contributed by atoms with Gasteiger partial charge in [-0.05, 0) is 42.7 Å². The molecule has 1 amide bonds. The van der Waals surface area contributed by atoms with Crippen LogP contribution in [-0.2, 0) is 28.7 Å². The molecule has 0 aliphatic carbocycles. The lowest BCUT2D eigenvalue weighted by Gasteiger charge is -2.14. The summed E-state index contributed by atoms with van der Waals surface area (Å²) in [5.41, 5.74) is 0.612. The summed E-state index contributed by atoms with van der Waals surface area (Å²) < 4.78 is 44.7. The van der Waals surface area contributed by atoms with Crippen molar-refractivity contribution in [2.45, 2.75) is 33.0 Å². The Morgan fingerprint density at radius 2 is 1.87 bits per heavy atom. The van der Waals surface area contributed by atoms with E-state index >= 15 is 0 Å². The summed E-state index contributed by atoms with van der Waals surface area (Å²) in [4.78, 5) is 23.5. The number of rotatable bonds is 8. The molecule has 0 saturated heterocycles. The fourth-order valence-corrected chi connectivity index (χ4v) is 3.03. The molecule has 2 rings (SSSR count). The molecule has 31 heavy (non-hydrogen) atoms. The average Bonchev–Trinajstić information content (AvgIpc) is 2.71. The van der Waals surface area contributed by atoms with Crippen LogP contribution in [0.2, 0.25) is 0 Å². The van der Waals surface area contributed by atoms with Crippen LogP contribution in [0.5, 0.6) is 5.75 Å². The number of hydrogen-bond donors (Lipinski definition) is 2. The van der Waals surface area contributed by atoms with Gasteiger partial charge < -0.3 is 15.2 Å². The van der Waals surface area contributed by atoms with Gasteiger partial charge in [0.05, 0.1) is 18.6 Å². The third-order valence-corrected chi connectivity index (χ3v) is 4.74. The molecule has 0 radical (unpaired) electrons. The highest BCUT2D eigenvalue weighted by Gasteiger charge is 2.32. The number of methoxy groups -OCH3 is 1. The smallest absolute Gasteiger partial charge is 0.416 e. The van der Waals surface area contributed by atoms with Gasteiger partial charge in [0.1, 0.15) is 5.75 Å². The fourth-order valence-electron chi connectivity index (χ4n) is 3.03. The van der Waals surface area contributed by atoms with E-state index in [4.69, 9.17) is 9.84 Å². The van der Waals surface area contributed by atoms with Crippen LogP contribution in [0.25, 0.3) is 6.08 Å². The first kappa shape index (κ1) is 24.0. The zero-order chi connectivity index (χ0) is 23.2. The minimum Gasteiger partial charge on any atom is -0.496 e. The Balaban J connectivity index is 2.17. The van der Waals surface area contributed by atoms with Gasteiger partial charge in [-0.15, -0.1) is 0 Å². The van der Waals surface area contributed by atoms with Gasteiger partial charge >= 0.3 is 12.1 Å². The lowest BCUT2D eigenvalue weighted by molar-refractivity contribution is -0.141. The molecule has 5 nitrogen and oxygen atoms in total. The summed E-state index contributed by atoms with van der Waals surface area (Å²) in [6, 6.07) is 10.2. The molecule has 0 fully saturated rings. The minimum absolute atomic E-state index is 0.0728. The molecule has 2 N–H and O–H groups in total. The standard InChI is InChI=1S/C23H24F3NO4/c1-14(11-17-6-4-5-7-19(17)23(24,25)26)21(28)27-13-18-12-16(8-9-20(18)31-3)10-15(2)22(29)30/h4-9,11-12,15H,10,13H2,1-3H3,(H,27,28)(H,29,30). The Bertz CT molecular complexity index is 983. The number of carboxylic acid groups (broad SMARTS) is 1. The van der Waals surface area contributed by atoms with Crippen molar-refractivity contribution in [3.63, 3.8) is 0 Å². The number of hydrogen-bond acceptors (Lipinski definition) is 3. The number of aliphatic carboxylic acids is 1. The monoisotopic (exact) mass is 435 g/mol. The van der Waals surface area contributed by atoms with Gasteiger partial charge in [-0.25, -0.2) is 0 Å². The summed E-state index contributed by atoms with van der Waals surface area (Å²) in [6.07, 6.45) is -3.02. The van der Waals surface area contributed by atoms with E-state index in [-0.39, 0.29) is 17.7 Å². The SMILES string of the molecule is COc1ccc(CC(C)C(=O)O)cc1CNC(=O)C(C)=Cc1ccccc1C(F)(F)F. The highest BCUT2D eigenvalue weighted by molar-refractivity contribution is 5.97. The molecule has 2 aromatic rings. The van der Waals surface area contributed by atoms with Crippen LogP contribution in [-0.4, -0.2) is 24.1 Å². The molecule has 166 valence electrons. The van der Waals surface area contributed by atoms with Gasteiger partial charge in [0, 0.05) is 17.7 Å². The lowest BCUT2D eigenvalue weighted by Crippen LogP contribution is -2.24. The summed E-state index contributed by atoms with van der Waals surface area (Å²) >= 11 is 0. The van der Waals surface area contributed by atoms with Crippen LogP contribution in [0.3, 0.4) is 0 Å². The van der Waals surface area contributed by atoms with Crippen molar-refractivity contribution in [2.24, 2.45) is 5.92 Å². The predicted octanol–water partition coefficient (Wildman–Crippen LogP) is 4.70. The highest BCUT2D eigenvalue weighted by atomic mass is 19.4. The van der Waals surface area contributed by atoms with Gasteiger partial charge in [0.25, 0.3) is 0 Å². The topological polar surface area (TPSA) is 75.6 Å². The number of carbonyl (C=O) groups excluding carboxylic acids is 1. The number of halogens is 3. The van der Waals surface area contributed by atoms with E-state index < -0.39 is 29.5 Å². The molecule has 1 atom stereocenters. The van der Waals surface area contributed by atoms with Crippen LogP contribution >= 0.6 is 0 Å². The molecule has 0 saturated carbocycles. The molecule has 8 heteroatoms. The maximum atomic E-state index is 13.2. The maximum Gasteiger partial charge on any atom is 0.416 e. The zero-order valence-electron chi connectivity index (χ0n) is 17.4. The van der Waals surface area contributed by atoms with E-state index in [0.29, 0.717) is 17.7 Å². The normalized spacial score (nSPS) is 12.9. The van der Waals surface area contributed by atoms with Crippen molar-refractivity contribution >= 4 is 18.0 Å². The number of alkyl halides is 3. The number of carboxylic acids is 1. The number of carbonyl (C=O) groups is 2. The van der Waals surface area contributed by atoms with Crippen molar-refractivity contribution in [1.82, 2.24) is 5.32 Å². The number of nitrogens with one attached hydrogen (secondary N) is 1. The van der Waals surface area contributed by atoms with Gasteiger partial charge in [-0.2, -0.15) is 13.2 Å². The second kappa shape index (κ2) is 10.1. The maximum absolute atomic E-state index is 13.2. The molecular weight excluding hydrogens is 411 g/mol. The van der Waals surface area contributed by atoms with Crippen molar-refractivity contribution in [3.8, 4) is 5.75 Å². The predicted molar refractivity (Wildman–Crippen MR) is 110 cm³/mol. The van der Waals surface area contributed by atoms with E-state index in [1.807, 2.05) is 0 Å². The van der Waals surface area contributed by atoms with Crippen molar-refractivity contribution < 1.29 is 32.6 Å². The van der Waals surface area contributed by atoms with Gasteiger partial charge in [-0.1, -0.05) is 37.3 Å². The number of amides is 1. The van der Waals surface area contributed by atoms with Crippen LogP contribution in [0.1, 0.15) is 36.1 Å². The number of benzene rings is 2. The van der Waals surface area contributed by atoms with E-state index in [1.54, 1.807) is 25.1 Å². The second-order valence-corrected chi connectivity index (χ2v) is 7.18. The van der Waals surface area contributed by atoms with Crippen molar-refractivity contribution in [1.29, 1.82) is 0 Å². The Labute approximate surface area is 178 Å². The number of ether oxygens (including phenoxy) is 1. The quantitative estimate of drug-likeness (QED) is 0.590. The van der Waals surface area contributed by atoms with Gasteiger partial charge in [0.2, 0.25) is 5.91 Å². The first-order valence-corrected chi connectivity index (χ1v) is 9.54. The van der Waals surface area contributed by atoms with E-state index in [2.05, 4.69) is 5.32 Å². The zero-order valence-corrected chi connectivity index (χ0v) is 17.4. The minimum atomic E-state index is -4.52. The van der Waals surface area contributed by atoms with Crippen LogP contribution < -0.4 is 10.1 Å². The van der Waals surface area contributed by atoms with E-state index in [9.17, 15) is 22.8 Å². The fraction of sp³-hybridized carbons (Fsp3) is 0.304. The summed E-state index contributed by atoms with van der Waals surface area (Å²) in [7, 11) is 1.47. The van der Waals surface area contributed by atoms with Gasteiger partial charge in [-0.3, -0.25) is 9.59 Å². The third kappa shape index (κ3) is 6.60. The Morgan fingerprint density at radius 3 is 2.48 bits per heavy atom. The highest BCUT2D eigenvalue weighted by Crippen LogP contribution is 2.32. The van der Waals surface area contributed by atoms with E-state index in [0.717, 1.165) is 11.6 Å². The van der Waals surface area contributed by atoms with Crippen molar-refractivity contribution in [3.05, 3.63) is 70.3 Å². The second-order valence-electron chi connectivity index (χ2n) is 7.18. The van der Waals surface area contributed by atoms with Crippen molar-refractivity contribution in [2.75, 3.05) is 7.11 Å². The summed E-state index contributed by atoms with van der Waals surface area (Å²) in [5, 5.41) is 11.8. The Hall–Kier alpha value is -3.29. The molecule has 0 aliphatic rings. The van der Waals surface area contributed by atoms with Gasteiger partial charge in [0.15, 0.2) is 0 Å². The largest absolute Gasteiger partial charge is 0.496 e. The Morgan fingerprint density at radius 1 is 1.19 bits per heavy atom. The molecule has 0 bridgehead atoms.